The number of hydrogen-bond acceptors (Lipinski definition) is 1. The maximum absolute atomic E-state index is 12.2. The minimum absolute atomic E-state index is 0.0167. The van der Waals surface area contributed by atoms with E-state index in [1.807, 2.05) is 43.3 Å². The average Bonchev–Trinajstić information content (AvgIpc) is 2.53. The summed E-state index contributed by atoms with van der Waals surface area (Å²) in [6, 6.07) is 16.1. The number of hydrogen-bond donors (Lipinski definition) is 2. The van der Waals surface area contributed by atoms with Gasteiger partial charge in [-0.05, 0) is 24.6 Å². The summed E-state index contributed by atoms with van der Waals surface area (Å²) in [4.78, 5) is 12.2. The van der Waals surface area contributed by atoms with Crippen LogP contribution in [-0.4, -0.2) is 12.5 Å². The van der Waals surface area contributed by atoms with Crippen molar-refractivity contribution < 1.29 is 10.1 Å². The topological polar surface area (TPSA) is 45.7 Å². The molecule has 3 N–H and O–H groups in total. The third kappa shape index (κ3) is 4.81. The lowest BCUT2D eigenvalue weighted by atomic mass is 9.96. The highest BCUT2D eigenvalue weighted by atomic mass is 35.5. The Balaban J connectivity index is 1.98. The fourth-order valence-corrected chi connectivity index (χ4v) is 2.82. The molecule has 3 nitrogen and oxygen atoms in total. The monoisotopic (exact) mass is 331 g/mol. The van der Waals surface area contributed by atoms with Crippen LogP contribution in [0.15, 0.2) is 48.5 Å². The van der Waals surface area contributed by atoms with Crippen molar-refractivity contribution in [3.05, 3.63) is 64.7 Å². The Bertz CT molecular complexity index is 656. The van der Waals surface area contributed by atoms with Gasteiger partial charge in [-0.25, -0.2) is 0 Å². The van der Waals surface area contributed by atoms with Crippen LogP contribution in [0.2, 0.25) is 5.02 Å². The van der Waals surface area contributed by atoms with E-state index >= 15 is 0 Å². The van der Waals surface area contributed by atoms with Crippen molar-refractivity contribution in [3.8, 4) is 0 Å². The normalized spacial score (nSPS) is 12.2. The largest absolute Gasteiger partial charge is 0.332 e. The Morgan fingerprint density at radius 3 is 2.48 bits per heavy atom. The van der Waals surface area contributed by atoms with E-state index in [0.29, 0.717) is 17.5 Å². The lowest BCUT2D eigenvalue weighted by Gasteiger charge is -2.19. The van der Waals surface area contributed by atoms with Gasteiger partial charge in [0.25, 0.3) is 5.91 Å². The molecule has 23 heavy (non-hydrogen) atoms. The van der Waals surface area contributed by atoms with E-state index in [9.17, 15) is 4.79 Å². The van der Waals surface area contributed by atoms with E-state index in [4.69, 9.17) is 11.6 Å². The number of carbonyl (C=O) groups excluding carboxylic acids is 1. The predicted molar refractivity (Wildman–Crippen MR) is 95.6 cm³/mol. The molecule has 0 aliphatic rings. The van der Waals surface area contributed by atoms with Gasteiger partial charge in [0.15, 0.2) is 6.54 Å². The van der Waals surface area contributed by atoms with E-state index in [0.717, 1.165) is 11.3 Å². The molecule has 0 saturated heterocycles. The van der Waals surface area contributed by atoms with Crippen molar-refractivity contribution in [1.29, 1.82) is 0 Å². The molecule has 1 atom stereocenters. The lowest BCUT2D eigenvalue weighted by Crippen LogP contribution is -2.88. The first-order chi connectivity index (χ1) is 11.0. The third-order valence-electron chi connectivity index (χ3n) is 4.00. The Morgan fingerprint density at radius 1 is 1.13 bits per heavy atom. The predicted octanol–water partition coefficient (Wildman–Crippen LogP) is 3.55. The van der Waals surface area contributed by atoms with E-state index in [-0.39, 0.29) is 11.9 Å². The Labute approximate surface area is 143 Å². The first-order valence-electron chi connectivity index (χ1n) is 7.92. The highest BCUT2D eigenvalue weighted by Crippen LogP contribution is 2.22. The fraction of sp³-hybridized carbons (Fsp3) is 0.316. The Morgan fingerprint density at radius 2 is 1.83 bits per heavy atom. The first kappa shape index (κ1) is 17.5. The summed E-state index contributed by atoms with van der Waals surface area (Å²) in [6.07, 6.45) is 0. The van der Waals surface area contributed by atoms with Gasteiger partial charge in [0, 0.05) is 22.2 Å². The molecule has 0 spiro atoms. The number of nitrogens with one attached hydrogen (secondary N) is 1. The zero-order chi connectivity index (χ0) is 16.8. The molecule has 0 radical (unpaired) electrons. The molecule has 1 amide bonds. The fourth-order valence-electron chi connectivity index (χ4n) is 2.65. The molecule has 0 aliphatic carbocycles. The van der Waals surface area contributed by atoms with Gasteiger partial charge >= 0.3 is 0 Å². The number of carbonyl (C=O) groups is 1. The van der Waals surface area contributed by atoms with Crippen molar-refractivity contribution in [2.45, 2.75) is 26.8 Å². The summed E-state index contributed by atoms with van der Waals surface area (Å²) >= 11 is 6.09. The zero-order valence-electron chi connectivity index (χ0n) is 13.8. The molecule has 0 aliphatic heterocycles. The summed E-state index contributed by atoms with van der Waals surface area (Å²) < 4.78 is 0. The molecule has 0 bridgehead atoms. The van der Waals surface area contributed by atoms with Crippen LogP contribution in [0.3, 0.4) is 0 Å². The van der Waals surface area contributed by atoms with E-state index in [1.54, 1.807) is 0 Å². The third-order valence-corrected chi connectivity index (χ3v) is 4.41. The second-order valence-electron chi connectivity index (χ2n) is 6.08. The van der Waals surface area contributed by atoms with Gasteiger partial charge in [0.1, 0.15) is 6.04 Å². The molecule has 2 aromatic rings. The molecule has 2 rings (SSSR count). The number of amides is 1. The molecule has 0 saturated carbocycles. The lowest BCUT2D eigenvalue weighted by molar-refractivity contribution is -0.692. The van der Waals surface area contributed by atoms with Gasteiger partial charge in [0.2, 0.25) is 0 Å². The maximum Gasteiger partial charge on any atom is 0.279 e. The van der Waals surface area contributed by atoms with Crippen LogP contribution >= 0.6 is 11.6 Å². The van der Waals surface area contributed by atoms with Crippen molar-refractivity contribution in [3.63, 3.8) is 0 Å². The molecule has 0 fully saturated rings. The Hall–Kier alpha value is -1.84. The number of benzene rings is 2. The minimum atomic E-state index is -0.0167. The number of halogens is 1. The van der Waals surface area contributed by atoms with Crippen LogP contribution in [0.1, 0.15) is 31.0 Å². The molecule has 2 aromatic carbocycles. The van der Waals surface area contributed by atoms with Gasteiger partial charge in [0.05, 0.1) is 0 Å². The summed E-state index contributed by atoms with van der Waals surface area (Å²) in [5.41, 5.74) is 2.91. The zero-order valence-corrected chi connectivity index (χ0v) is 14.6. The van der Waals surface area contributed by atoms with Crippen LogP contribution in [0.25, 0.3) is 0 Å². The molecular formula is C19H24ClN2O+. The van der Waals surface area contributed by atoms with Crippen molar-refractivity contribution >= 4 is 23.2 Å². The van der Waals surface area contributed by atoms with Crippen molar-refractivity contribution in [2.75, 3.05) is 11.9 Å². The smallest absolute Gasteiger partial charge is 0.279 e. The molecule has 4 heteroatoms. The van der Waals surface area contributed by atoms with E-state index in [2.05, 4.69) is 36.6 Å². The van der Waals surface area contributed by atoms with Crippen LogP contribution < -0.4 is 10.6 Å². The number of quaternary nitrogens is 1. The van der Waals surface area contributed by atoms with E-state index < -0.39 is 0 Å². The average molecular weight is 332 g/mol. The highest BCUT2D eigenvalue weighted by molar-refractivity contribution is 6.31. The standard InChI is InChI=1S/C19H23ClN2O/c1-13(2)19(15-8-5-4-6-9-15)21-12-18(23)22-17-11-7-10-16(20)14(17)3/h4-11,13,19,21H,12H2,1-3H3,(H,22,23)/p+1/t19-/m1/s1. The van der Waals surface area contributed by atoms with E-state index in [1.165, 1.54) is 5.56 Å². The van der Waals surface area contributed by atoms with Crippen molar-refractivity contribution in [2.24, 2.45) is 5.92 Å². The SMILES string of the molecule is Cc1c(Cl)cccc1NC(=O)C[NH2+][C@@H](c1ccccc1)C(C)C. The number of anilines is 1. The van der Waals surface area contributed by atoms with Crippen LogP contribution in [-0.2, 0) is 4.79 Å². The molecule has 0 heterocycles. The van der Waals surface area contributed by atoms with Gasteiger partial charge in [-0.15, -0.1) is 0 Å². The summed E-state index contributed by atoms with van der Waals surface area (Å²) in [6.45, 7) is 6.63. The van der Waals surface area contributed by atoms with Gasteiger partial charge in [-0.3, -0.25) is 4.79 Å². The van der Waals surface area contributed by atoms with Crippen molar-refractivity contribution in [1.82, 2.24) is 0 Å². The molecule has 122 valence electrons. The summed E-state index contributed by atoms with van der Waals surface area (Å²) in [5, 5.41) is 5.70. The summed E-state index contributed by atoms with van der Waals surface area (Å²) in [7, 11) is 0. The number of nitrogens with two attached hydrogens (primary N) is 1. The quantitative estimate of drug-likeness (QED) is 0.835. The molecule has 0 aromatic heterocycles. The minimum Gasteiger partial charge on any atom is -0.332 e. The van der Waals surface area contributed by atoms with Crippen LogP contribution in [0, 0.1) is 12.8 Å². The molecular weight excluding hydrogens is 308 g/mol. The van der Waals surface area contributed by atoms with Gasteiger partial charge in [-0.2, -0.15) is 0 Å². The van der Waals surface area contributed by atoms with Gasteiger partial charge in [-0.1, -0.05) is 61.8 Å². The summed E-state index contributed by atoms with van der Waals surface area (Å²) in [5.74, 6) is 0.426. The van der Waals surface area contributed by atoms with Crippen LogP contribution in [0.5, 0.6) is 0 Å². The van der Waals surface area contributed by atoms with Gasteiger partial charge < -0.3 is 10.6 Å². The molecule has 0 unspecified atom stereocenters. The Kier molecular flexibility index (Phi) is 6.20. The van der Waals surface area contributed by atoms with Crippen LogP contribution in [0.4, 0.5) is 5.69 Å². The maximum atomic E-state index is 12.2. The number of rotatable bonds is 6. The second kappa shape index (κ2) is 8.14. The first-order valence-corrected chi connectivity index (χ1v) is 8.30. The highest BCUT2D eigenvalue weighted by Gasteiger charge is 2.20. The second-order valence-corrected chi connectivity index (χ2v) is 6.49.